The van der Waals surface area contributed by atoms with Gasteiger partial charge in [-0.1, -0.05) is 19.8 Å². The van der Waals surface area contributed by atoms with E-state index in [1.165, 1.54) is 24.3 Å². The summed E-state index contributed by atoms with van der Waals surface area (Å²) in [6.07, 6.45) is 3.11. The zero-order chi connectivity index (χ0) is 13.6. The van der Waals surface area contributed by atoms with Crippen molar-refractivity contribution in [3.8, 4) is 5.75 Å². The van der Waals surface area contributed by atoms with Crippen LogP contribution in [-0.2, 0) is 14.9 Å². The molecule has 7 heteroatoms. The molecule has 1 aromatic rings. The van der Waals surface area contributed by atoms with Crippen LogP contribution in [0.4, 0.5) is 0 Å². The van der Waals surface area contributed by atoms with Gasteiger partial charge < -0.3 is 6.16 Å². The van der Waals surface area contributed by atoms with E-state index in [4.69, 9.17) is 9.29 Å². The van der Waals surface area contributed by atoms with Crippen molar-refractivity contribution in [2.45, 2.75) is 37.5 Å². The van der Waals surface area contributed by atoms with Crippen LogP contribution in [0, 0.1) is 0 Å². The third kappa shape index (κ3) is 7.08. The molecule has 0 bridgehead atoms. The van der Waals surface area contributed by atoms with Gasteiger partial charge in [-0.3, -0.25) is 9.35 Å². The van der Waals surface area contributed by atoms with Crippen LogP contribution >= 0.6 is 0 Å². The maximum Gasteiger partial charge on any atom is 1.00 e. The first-order valence-corrected chi connectivity index (χ1v) is 7.15. The summed E-state index contributed by atoms with van der Waals surface area (Å²) in [5.74, 6) is -0.0769. The Hall–Kier alpha value is -0.400. The second-order valence-corrected chi connectivity index (χ2v) is 5.30. The van der Waals surface area contributed by atoms with Gasteiger partial charge in [-0.15, -0.1) is 0 Å². The van der Waals surface area contributed by atoms with Crippen molar-refractivity contribution in [2.24, 2.45) is 0 Å². The average molecular weight is 296 g/mol. The average Bonchev–Trinajstić information content (AvgIpc) is 2.29. The fourth-order valence-electron chi connectivity index (χ4n) is 1.38. The topological polar surface area (TPSA) is 80.7 Å². The molecular formula is C12H17NaO5S. The molecule has 0 heterocycles. The zero-order valence-corrected chi connectivity index (χ0v) is 13.9. The molecule has 19 heavy (non-hydrogen) atoms. The second kappa shape index (κ2) is 8.71. The van der Waals surface area contributed by atoms with Crippen LogP contribution in [0.5, 0.6) is 5.75 Å². The largest absolute Gasteiger partial charge is 1.00 e. The van der Waals surface area contributed by atoms with Crippen LogP contribution in [0.3, 0.4) is 0 Å². The minimum Gasteiger partial charge on any atom is -1.00 e. The Bertz CT molecular complexity index is 501. The number of carbonyl (C=O) groups is 1. The number of hydrogen-bond donors (Lipinski definition) is 1. The standard InChI is InChI=1S/C12H16O5S.Na.H/c1-2-3-4-5-12(13)17-10-6-8-11(9-7-10)18(14,15)16;;/h6-9H,2-5H2,1H3,(H,14,15,16);;/q;+1;-1. The van der Waals surface area contributed by atoms with E-state index >= 15 is 0 Å². The quantitative estimate of drug-likeness (QED) is 0.252. The first-order chi connectivity index (χ1) is 8.43. The van der Waals surface area contributed by atoms with Crippen LogP contribution in [0.1, 0.15) is 34.0 Å². The van der Waals surface area contributed by atoms with Gasteiger partial charge in [-0.2, -0.15) is 8.42 Å². The van der Waals surface area contributed by atoms with Gasteiger partial charge in [0.25, 0.3) is 10.1 Å². The van der Waals surface area contributed by atoms with Crippen molar-refractivity contribution in [3.05, 3.63) is 24.3 Å². The van der Waals surface area contributed by atoms with Gasteiger partial charge >= 0.3 is 35.5 Å². The van der Waals surface area contributed by atoms with E-state index in [0.29, 0.717) is 6.42 Å². The molecule has 0 aliphatic rings. The molecule has 0 aliphatic carbocycles. The van der Waals surface area contributed by atoms with Gasteiger partial charge in [0.05, 0.1) is 4.90 Å². The summed E-state index contributed by atoms with van der Waals surface area (Å²) in [4.78, 5) is 11.2. The number of unbranched alkanes of at least 4 members (excludes halogenated alkanes) is 2. The van der Waals surface area contributed by atoms with E-state index in [9.17, 15) is 13.2 Å². The predicted molar refractivity (Wildman–Crippen MR) is 67.1 cm³/mol. The predicted octanol–water partition coefficient (Wildman–Crippen LogP) is -0.464. The number of hydrogen-bond acceptors (Lipinski definition) is 4. The first-order valence-electron chi connectivity index (χ1n) is 5.71. The third-order valence-electron chi connectivity index (χ3n) is 2.34. The third-order valence-corrected chi connectivity index (χ3v) is 3.21. The van der Waals surface area contributed by atoms with Crippen LogP contribution in [0.15, 0.2) is 29.2 Å². The van der Waals surface area contributed by atoms with Crippen LogP contribution < -0.4 is 34.3 Å². The monoisotopic (exact) mass is 296 g/mol. The fraction of sp³-hybridized carbons (Fsp3) is 0.417. The molecule has 0 radical (unpaired) electrons. The summed E-state index contributed by atoms with van der Waals surface area (Å²) in [7, 11) is -4.21. The van der Waals surface area contributed by atoms with Crippen molar-refractivity contribution in [2.75, 3.05) is 0 Å². The molecule has 0 spiro atoms. The molecule has 0 atom stereocenters. The summed E-state index contributed by atoms with van der Waals surface area (Å²) in [6, 6.07) is 5.04. The molecule has 0 unspecified atom stereocenters. The number of ether oxygens (including phenoxy) is 1. The van der Waals surface area contributed by atoms with Gasteiger partial charge in [-0.25, -0.2) is 0 Å². The molecule has 102 valence electrons. The Morgan fingerprint density at radius 2 is 1.84 bits per heavy atom. The minimum atomic E-state index is -4.21. The number of benzene rings is 1. The van der Waals surface area contributed by atoms with E-state index in [0.717, 1.165) is 19.3 Å². The van der Waals surface area contributed by atoms with E-state index in [1.807, 2.05) is 6.92 Å². The van der Waals surface area contributed by atoms with Crippen molar-refractivity contribution in [3.63, 3.8) is 0 Å². The Labute approximate surface area is 136 Å². The normalized spacial score (nSPS) is 10.6. The van der Waals surface area contributed by atoms with E-state index in [-0.39, 0.29) is 47.6 Å². The number of rotatable bonds is 6. The van der Waals surface area contributed by atoms with Crippen molar-refractivity contribution >= 4 is 16.1 Å². The van der Waals surface area contributed by atoms with Crippen LogP contribution in [-0.4, -0.2) is 18.9 Å². The molecular weight excluding hydrogens is 279 g/mol. The second-order valence-electron chi connectivity index (χ2n) is 3.88. The zero-order valence-electron chi connectivity index (χ0n) is 12.1. The molecule has 1 rings (SSSR count). The van der Waals surface area contributed by atoms with Gasteiger partial charge in [0.1, 0.15) is 5.75 Å². The Kier molecular flexibility index (Phi) is 8.52. The fourth-order valence-corrected chi connectivity index (χ4v) is 1.86. The smallest absolute Gasteiger partial charge is 1.00 e. The maximum absolute atomic E-state index is 11.4. The van der Waals surface area contributed by atoms with Gasteiger partial charge in [0.15, 0.2) is 0 Å². The molecule has 1 N–H and O–H groups in total. The summed E-state index contributed by atoms with van der Waals surface area (Å²) in [5.41, 5.74) is 0. The Morgan fingerprint density at radius 3 is 2.32 bits per heavy atom. The molecule has 5 nitrogen and oxygen atoms in total. The van der Waals surface area contributed by atoms with Crippen LogP contribution in [0.25, 0.3) is 0 Å². The summed E-state index contributed by atoms with van der Waals surface area (Å²) >= 11 is 0. The summed E-state index contributed by atoms with van der Waals surface area (Å²) in [5, 5.41) is 0. The molecule has 1 aromatic carbocycles. The first kappa shape index (κ1) is 18.6. The maximum atomic E-state index is 11.4. The van der Waals surface area contributed by atoms with Gasteiger partial charge in [0.2, 0.25) is 0 Å². The SMILES string of the molecule is CCCCCC(=O)Oc1ccc(S(=O)(=O)O)cc1.[H-].[Na+]. The Morgan fingerprint density at radius 1 is 1.26 bits per heavy atom. The van der Waals surface area contributed by atoms with E-state index < -0.39 is 10.1 Å². The van der Waals surface area contributed by atoms with Crippen LogP contribution in [0.2, 0.25) is 0 Å². The van der Waals surface area contributed by atoms with Gasteiger partial charge in [0, 0.05) is 6.42 Å². The molecule has 0 saturated heterocycles. The van der Waals surface area contributed by atoms with E-state index in [1.54, 1.807) is 0 Å². The number of esters is 1. The minimum absolute atomic E-state index is 0. The van der Waals surface area contributed by atoms with Crippen molar-refractivity contribution in [1.82, 2.24) is 0 Å². The van der Waals surface area contributed by atoms with E-state index in [2.05, 4.69) is 0 Å². The molecule has 0 fully saturated rings. The molecule has 0 amide bonds. The summed E-state index contributed by atoms with van der Waals surface area (Å²) < 4.78 is 35.4. The van der Waals surface area contributed by atoms with Crippen molar-refractivity contribution < 1.29 is 53.5 Å². The summed E-state index contributed by atoms with van der Waals surface area (Å²) in [6.45, 7) is 2.04. The van der Waals surface area contributed by atoms with Crippen molar-refractivity contribution in [1.29, 1.82) is 0 Å². The molecule has 0 aliphatic heterocycles. The van der Waals surface area contributed by atoms with Gasteiger partial charge in [-0.05, 0) is 30.7 Å². The number of carbonyl (C=O) groups excluding carboxylic acids is 1. The Balaban J connectivity index is 0. The molecule has 0 saturated carbocycles. The molecule has 0 aromatic heterocycles.